The van der Waals surface area contributed by atoms with Crippen LogP contribution < -0.4 is 0 Å². The number of hydrogen-bond donors (Lipinski definition) is 0. The third kappa shape index (κ3) is 4.43. The lowest BCUT2D eigenvalue weighted by molar-refractivity contribution is 0.0791. The molecule has 0 aromatic heterocycles. The van der Waals surface area contributed by atoms with Crippen molar-refractivity contribution in [2.45, 2.75) is 26.2 Å². The maximum absolute atomic E-state index is 12.3. The Morgan fingerprint density at radius 2 is 2.06 bits per heavy atom. The highest BCUT2D eigenvalue weighted by atomic mass is 127. The van der Waals surface area contributed by atoms with Crippen LogP contribution in [0.4, 0.5) is 0 Å². The molecule has 0 N–H and O–H groups in total. The Labute approximate surface area is 128 Å². The molecule has 0 fully saturated rings. The number of nitrogens with zero attached hydrogens (tertiary/aromatic N) is 1. The van der Waals surface area contributed by atoms with Gasteiger partial charge in [0.15, 0.2) is 0 Å². The summed E-state index contributed by atoms with van der Waals surface area (Å²) in [4.78, 5) is 14.1. The van der Waals surface area contributed by atoms with E-state index in [4.69, 9.17) is 11.6 Å². The van der Waals surface area contributed by atoms with Gasteiger partial charge in [0.05, 0.1) is 5.56 Å². The summed E-state index contributed by atoms with van der Waals surface area (Å²) in [5.74, 6) is 0.807. The molecule has 1 rings (SSSR count). The van der Waals surface area contributed by atoms with Crippen LogP contribution in [0.25, 0.3) is 0 Å². The third-order valence-electron chi connectivity index (χ3n) is 2.90. The van der Waals surface area contributed by atoms with Crippen LogP contribution in [-0.4, -0.2) is 30.3 Å². The van der Waals surface area contributed by atoms with Crippen LogP contribution in [0.15, 0.2) is 18.2 Å². The van der Waals surface area contributed by atoms with E-state index < -0.39 is 0 Å². The highest BCUT2D eigenvalue weighted by Gasteiger charge is 2.15. The van der Waals surface area contributed by atoms with Crippen LogP contribution in [0.2, 0.25) is 0 Å². The van der Waals surface area contributed by atoms with Crippen molar-refractivity contribution in [2.75, 3.05) is 19.5 Å². The molecule has 2 nitrogen and oxygen atoms in total. The maximum atomic E-state index is 12.3. The van der Waals surface area contributed by atoms with Gasteiger partial charge in [-0.25, -0.2) is 0 Å². The fourth-order valence-electron chi connectivity index (χ4n) is 1.74. The van der Waals surface area contributed by atoms with Gasteiger partial charge in [-0.15, -0.1) is 11.6 Å². The zero-order chi connectivity index (χ0) is 13.5. The number of benzene rings is 1. The van der Waals surface area contributed by atoms with Gasteiger partial charge in [0.1, 0.15) is 0 Å². The molecule has 0 heterocycles. The molecule has 1 amide bonds. The van der Waals surface area contributed by atoms with E-state index in [1.54, 1.807) is 4.90 Å². The Balaban J connectivity index is 2.60. The molecule has 0 aliphatic rings. The molecule has 0 bridgehead atoms. The van der Waals surface area contributed by atoms with Gasteiger partial charge in [-0.05, 0) is 54.0 Å². The molecule has 0 unspecified atom stereocenters. The van der Waals surface area contributed by atoms with Gasteiger partial charge < -0.3 is 4.90 Å². The molecule has 0 spiro atoms. The van der Waals surface area contributed by atoms with Crippen LogP contribution >= 0.6 is 34.2 Å². The zero-order valence-electron chi connectivity index (χ0n) is 10.9. The summed E-state index contributed by atoms with van der Waals surface area (Å²) in [6.45, 7) is 2.82. The zero-order valence-corrected chi connectivity index (χ0v) is 13.8. The number of hydrogen-bond acceptors (Lipinski definition) is 1. The summed E-state index contributed by atoms with van der Waals surface area (Å²) < 4.78 is 1.05. The Morgan fingerprint density at radius 1 is 1.33 bits per heavy atom. The summed E-state index contributed by atoms with van der Waals surface area (Å²) in [6.07, 6.45) is 3.11. The monoisotopic (exact) mass is 379 g/mol. The minimum atomic E-state index is 0.106. The van der Waals surface area contributed by atoms with E-state index in [-0.39, 0.29) is 5.91 Å². The predicted octanol–water partition coefficient (Wildman–Crippen LogP) is 4.08. The van der Waals surface area contributed by atoms with E-state index in [1.807, 2.05) is 32.2 Å². The first-order valence-electron chi connectivity index (χ1n) is 6.14. The van der Waals surface area contributed by atoms with Crippen molar-refractivity contribution in [2.24, 2.45) is 0 Å². The summed E-state index contributed by atoms with van der Waals surface area (Å²) in [6, 6.07) is 5.86. The third-order valence-corrected chi connectivity index (χ3v) is 4.60. The number of unbranched alkanes of at least 4 members (excludes halogenated alkanes) is 2. The number of rotatable bonds is 6. The molecule has 1 aromatic rings. The highest BCUT2D eigenvalue weighted by Crippen LogP contribution is 2.18. The van der Waals surface area contributed by atoms with Gasteiger partial charge in [0, 0.05) is 23.0 Å². The Morgan fingerprint density at radius 3 is 2.72 bits per heavy atom. The maximum Gasteiger partial charge on any atom is 0.254 e. The number of amides is 1. The second kappa shape index (κ2) is 8.00. The van der Waals surface area contributed by atoms with Gasteiger partial charge >= 0.3 is 0 Å². The largest absolute Gasteiger partial charge is 0.342 e. The van der Waals surface area contributed by atoms with Crippen molar-refractivity contribution in [3.63, 3.8) is 0 Å². The second-order valence-electron chi connectivity index (χ2n) is 4.41. The minimum absolute atomic E-state index is 0.106. The highest BCUT2D eigenvalue weighted by molar-refractivity contribution is 14.1. The standard InChI is InChI=1S/C14H19ClINO/c1-11-7-6-8-12(13(11)16)14(18)17(2)10-5-3-4-9-15/h6-8H,3-5,9-10H2,1-2H3. The van der Waals surface area contributed by atoms with Crippen molar-refractivity contribution in [3.05, 3.63) is 32.9 Å². The first-order valence-corrected chi connectivity index (χ1v) is 7.75. The molecule has 0 aliphatic heterocycles. The molecule has 0 saturated heterocycles. The van der Waals surface area contributed by atoms with Gasteiger partial charge in [0.2, 0.25) is 0 Å². The number of carbonyl (C=O) groups is 1. The van der Waals surface area contributed by atoms with Crippen molar-refractivity contribution >= 4 is 40.1 Å². The van der Waals surface area contributed by atoms with E-state index in [2.05, 4.69) is 22.6 Å². The molecular formula is C14H19ClINO. The smallest absolute Gasteiger partial charge is 0.254 e. The molecule has 100 valence electrons. The molecule has 0 atom stereocenters. The normalized spacial score (nSPS) is 10.4. The first-order chi connectivity index (χ1) is 8.57. The first kappa shape index (κ1) is 15.8. The Hall–Kier alpha value is -0.290. The van der Waals surface area contributed by atoms with Crippen LogP contribution in [0.1, 0.15) is 35.2 Å². The van der Waals surface area contributed by atoms with E-state index in [1.165, 1.54) is 0 Å². The van der Waals surface area contributed by atoms with Crippen molar-refractivity contribution in [1.82, 2.24) is 4.90 Å². The quantitative estimate of drug-likeness (QED) is 0.414. The van der Waals surface area contributed by atoms with Gasteiger partial charge in [-0.1, -0.05) is 18.6 Å². The van der Waals surface area contributed by atoms with E-state index >= 15 is 0 Å². The molecular weight excluding hydrogens is 361 g/mol. The van der Waals surface area contributed by atoms with Gasteiger partial charge in [-0.3, -0.25) is 4.79 Å². The van der Waals surface area contributed by atoms with Crippen molar-refractivity contribution in [3.8, 4) is 0 Å². The summed E-state index contributed by atoms with van der Waals surface area (Å²) in [5, 5.41) is 0. The Kier molecular flexibility index (Phi) is 7.00. The minimum Gasteiger partial charge on any atom is -0.342 e. The predicted molar refractivity (Wildman–Crippen MR) is 85.4 cm³/mol. The summed E-state index contributed by atoms with van der Waals surface area (Å²) in [7, 11) is 1.86. The average molecular weight is 380 g/mol. The van der Waals surface area contributed by atoms with E-state index in [9.17, 15) is 4.79 Å². The van der Waals surface area contributed by atoms with Crippen LogP contribution in [-0.2, 0) is 0 Å². The Bertz CT molecular complexity index is 409. The lowest BCUT2D eigenvalue weighted by Gasteiger charge is -2.18. The van der Waals surface area contributed by atoms with E-state index in [0.717, 1.165) is 40.5 Å². The SMILES string of the molecule is Cc1cccc(C(=O)N(C)CCCCCCl)c1I. The average Bonchev–Trinajstić information content (AvgIpc) is 2.37. The lowest BCUT2D eigenvalue weighted by Crippen LogP contribution is -2.28. The van der Waals surface area contributed by atoms with Crippen LogP contribution in [0.3, 0.4) is 0 Å². The van der Waals surface area contributed by atoms with Crippen molar-refractivity contribution < 1.29 is 4.79 Å². The summed E-state index contributed by atoms with van der Waals surface area (Å²) >= 11 is 7.87. The second-order valence-corrected chi connectivity index (χ2v) is 5.87. The fourth-order valence-corrected chi connectivity index (χ4v) is 2.52. The summed E-state index contributed by atoms with van der Waals surface area (Å²) in [5.41, 5.74) is 1.95. The van der Waals surface area contributed by atoms with Gasteiger partial charge in [-0.2, -0.15) is 0 Å². The molecule has 18 heavy (non-hydrogen) atoms. The number of aryl methyl sites for hydroxylation is 1. The molecule has 4 heteroatoms. The van der Waals surface area contributed by atoms with Crippen LogP contribution in [0, 0.1) is 10.5 Å². The number of alkyl halides is 1. The van der Waals surface area contributed by atoms with Gasteiger partial charge in [0.25, 0.3) is 5.91 Å². The molecule has 0 radical (unpaired) electrons. The molecule has 0 saturated carbocycles. The van der Waals surface area contributed by atoms with E-state index in [0.29, 0.717) is 5.88 Å². The topological polar surface area (TPSA) is 20.3 Å². The fraction of sp³-hybridized carbons (Fsp3) is 0.500. The molecule has 0 aliphatic carbocycles. The van der Waals surface area contributed by atoms with Crippen molar-refractivity contribution in [1.29, 1.82) is 0 Å². The molecule has 1 aromatic carbocycles. The lowest BCUT2D eigenvalue weighted by atomic mass is 10.1. The van der Waals surface area contributed by atoms with Crippen LogP contribution in [0.5, 0.6) is 0 Å². The number of carbonyl (C=O) groups excluding carboxylic acids is 1. The number of halogens is 2.